The van der Waals surface area contributed by atoms with Crippen LogP contribution in [0.1, 0.15) is 134 Å². The fourth-order valence-corrected chi connectivity index (χ4v) is 6.15. The molecule has 0 aliphatic heterocycles. The molecule has 2 heteroatoms. The van der Waals surface area contributed by atoms with Crippen LogP contribution >= 0.6 is 0 Å². The van der Waals surface area contributed by atoms with Gasteiger partial charge in [0.15, 0.2) is 11.6 Å². The highest BCUT2D eigenvalue weighted by Gasteiger charge is 2.32. The number of halogens is 1. The van der Waals surface area contributed by atoms with Gasteiger partial charge < -0.3 is 4.74 Å². The fourth-order valence-electron chi connectivity index (χ4n) is 6.15. The molecule has 0 amide bonds. The van der Waals surface area contributed by atoms with E-state index in [0.717, 1.165) is 25.7 Å². The number of hydrogen-bond donors (Lipinski definition) is 0. The molecule has 1 aromatic rings. The summed E-state index contributed by atoms with van der Waals surface area (Å²) in [5.41, 5.74) is 3.32. The third-order valence-electron chi connectivity index (χ3n) is 8.04. The van der Waals surface area contributed by atoms with Gasteiger partial charge in [0.25, 0.3) is 0 Å². The normalized spacial score (nSPS) is 19.4. The Morgan fingerprint density at radius 3 is 2.50 bits per heavy atom. The summed E-state index contributed by atoms with van der Waals surface area (Å²) >= 11 is 0. The summed E-state index contributed by atoms with van der Waals surface area (Å²) in [6, 6.07) is 5.83. The molecule has 3 rings (SSSR count). The maximum absolute atomic E-state index is 14.9. The van der Waals surface area contributed by atoms with E-state index in [0.29, 0.717) is 23.7 Å². The maximum atomic E-state index is 14.9. The standard InChI is InChI=1S/C30H47FO/c1-3-5-12-22-32-29-16-15-26(24-28(29)31)27(23-25-13-8-6-9-14-25)17-21-30(18-4-2)19-10-7-11-20-30/h13,15-16,24,27H,3-12,14,17-23H2,1-2H3. The number of hydrogen-bond acceptors (Lipinski definition) is 1. The second-order valence-corrected chi connectivity index (χ2v) is 10.6. The Morgan fingerprint density at radius 1 is 0.969 bits per heavy atom. The first kappa shape index (κ1) is 25.3. The van der Waals surface area contributed by atoms with E-state index >= 15 is 0 Å². The second-order valence-electron chi connectivity index (χ2n) is 10.6. The number of allylic oxidation sites excluding steroid dienone is 2. The van der Waals surface area contributed by atoms with Crippen molar-refractivity contribution in [3.05, 3.63) is 41.2 Å². The van der Waals surface area contributed by atoms with E-state index in [2.05, 4.69) is 26.0 Å². The second kappa shape index (κ2) is 13.4. The SMILES string of the molecule is CCCCCOc1ccc(C(CCC2(CCC)CCCCC2)CC2=CCCCC2)cc1F. The zero-order valence-electron chi connectivity index (χ0n) is 20.9. The van der Waals surface area contributed by atoms with Gasteiger partial charge in [0, 0.05) is 0 Å². The minimum absolute atomic E-state index is 0.178. The van der Waals surface area contributed by atoms with Gasteiger partial charge in [-0.2, -0.15) is 0 Å². The topological polar surface area (TPSA) is 9.23 Å². The lowest BCUT2D eigenvalue weighted by molar-refractivity contribution is 0.147. The van der Waals surface area contributed by atoms with Crippen LogP contribution in [-0.4, -0.2) is 6.61 Å². The molecule has 2 aliphatic rings. The van der Waals surface area contributed by atoms with Crippen molar-refractivity contribution in [2.24, 2.45) is 5.41 Å². The van der Waals surface area contributed by atoms with Crippen LogP contribution in [0.15, 0.2) is 29.8 Å². The molecule has 0 radical (unpaired) electrons. The smallest absolute Gasteiger partial charge is 0.165 e. The Kier molecular flexibility index (Phi) is 10.6. The van der Waals surface area contributed by atoms with E-state index in [1.54, 1.807) is 11.6 Å². The average molecular weight is 443 g/mol. The number of benzene rings is 1. The first-order chi connectivity index (χ1) is 15.7. The zero-order chi connectivity index (χ0) is 22.7. The van der Waals surface area contributed by atoms with E-state index in [1.807, 2.05) is 6.07 Å². The Labute approximate surface area is 197 Å². The summed E-state index contributed by atoms with van der Waals surface area (Å²) in [6.45, 7) is 5.13. The van der Waals surface area contributed by atoms with Crippen LogP contribution in [0.25, 0.3) is 0 Å². The molecular weight excluding hydrogens is 395 g/mol. The van der Waals surface area contributed by atoms with Crippen molar-refractivity contribution in [1.29, 1.82) is 0 Å². The van der Waals surface area contributed by atoms with Crippen molar-refractivity contribution < 1.29 is 9.13 Å². The third kappa shape index (κ3) is 7.63. The van der Waals surface area contributed by atoms with Crippen LogP contribution in [0.2, 0.25) is 0 Å². The van der Waals surface area contributed by atoms with Crippen LogP contribution in [0.4, 0.5) is 4.39 Å². The Bertz CT molecular complexity index is 695. The fraction of sp³-hybridized carbons (Fsp3) is 0.733. The molecule has 0 heterocycles. The first-order valence-electron chi connectivity index (χ1n) is 13.8. The van der Waals surface area contributed by atoms with Gasteiger partial charge in [-0.05, 0) is 99.7 Å². The van der Waals surface area contributed by atoms with Crippen molar-refractivity contribution >= 4 is 0 Å². The maximum Gasteiger partial charge on any atom is 0.165 e. The van der Waals surface area contributed by atoms with Crippen LogP contribution < -0.4 is 4.74 Å². The summed E-state index contributed by atoms with van der Waals surface area (Å²) in [5, 5.41) is 0. The lowest BCUT2D eigenvalue weighted by Crippen LogP contribution is -2.25. The molecule has 1 aromatic carbocycles. The Morgan fingerprint density at radius 2 is 1.81 bits per heavy atom. The molecular formula is C30H47FO. The van der Waals surface area contributed by atoms with Gasteiger partial charge in [0.2, 0.25) is 0 Å². The quantitative estimate of drug-likeness (QED) is 0.218. The van der Waals surface area contributed by atoms with Gasteiger partial charge in [0.1, 0.15) is 0 Å². The number of rotatable bonds is 13. The minimum Gasteiger partial charge on any atom is -0.491 e. The van der Waals surface area contributed by atoms with Crippen LogP contribution in [0.5, 0.6) is 5.75 Å². The molecule has 0 spiro atoms. The van der Waals surface area contributed by atoms with Crippen LogP contribution in [-0.2, 0) is 0 Å². The van der Waals surface area contributed by atoms with E-state index < -0.39 is 0 Å². The van der Waals surface area contributed by atoms with Crippen LogP contribution in [0.3, 0.4) is 0 Å². The molecule has 180 valence electrons. The monoisotopic (exact) mass is 442 g/mol. The number of ether oxygens (including phenoxy) is 1. The van der Waals surface area contributed by atoms with Crippen molar-refractivity contribution in [1.82, 2.24) is 0 Å². The molecule has 2 aliphatic carbocycles. The highest BCUT2D eigenvalue weighted by molar-refractivity contribution is 5.32. The molecule has 1 fully saturated rings. The third-order valence-corrected chi connectivity index (χ3v) is 8.04. The molecule has 1 unspecified atom stereocenters. The first-order valence-corrected chi connectivity index (χ1v) is 13.8. The summed E-state index contributed by atoms with van der Waals surface area (Å²) < 4.78 is 20.7. The highest BCUT2D eigenvalue weighted by Crippen LogP contribution is 2.46. The zero-order valence-corrected chi connectivity index (χ0v) is 20.9. The lowest BCUT2D eigenvalue weighted by Gasteiger charge is -2.38. The van der Waals surface area contributed by atoms with Gasteiger partial charge >= 0.3 is 0 Å². The molecule has 1 nitrogen and oxygen atoms in total. The molecule has 1 saturated carbocycles. The van der Waals surface area contributed by atoms with Crippen molar-refractivity contribution in [2.75, 3.05) is 6.61 Å². The summed E-state index contributed by atoms with van der Waals surface area (Å²) in [5.74, 6) is 0.677. The van der Waals surface area contributed by atoms with Gasteiger partial charge in [-0.25, -0.2) is 4.39 Å². The summed E-state index contributed by atoms with van der Waals surface area (Å²) in [4.78, 5) is 0. The van der Waals surface area contributed by atoms with Crippen molar-refractivity contribution in [2.45, 2.75) is 129 Å². The predicted molar refractivity (Wildman–Crippen MR) is 135 cm³/mol. The molecule has 0 aromatic heterocycles. The lowest BCUT2D eigenvalue weighted by atomic mass is 9.67. The minimum atomic E-state index is -0.178. The highest BCUT2D eigenvalue weighted by atomic mass is 19.1. The van der Waals surface area contributed by atoms with Gasteiger partial charge in [-0.1, -0.05) is 70.1 Å². The van der Waals surface area contributed by atoms with Crippen molar-refractivity contribution in [3.63, 3.8) is 0 Å². The Balaban J connectivity index is 1.71. The molecule has 0 bridgehead atoms. The van der Waals surface area contributed by atoms with E-state index in [9.17, 15) is 4.39 Å². The van der Waals surface area contributed by atoms with E-state index in [-0.39, 0.29) is 5.82 Å². The number of unbranched alkanes of at least 4 members (excludes halogenated alkanes) is 2. The average Bonchev–Trinajstić information content (AvgIpc) is 2.82. The molecule has 32 heavy (non-hydrogen) atoms. The summed E-state index contributed by atoms with van der Waals surface area (Å²) in [6.07, 6.45) is 24.1. The van der Waals surface area contributed by atoms with E-state index in [4.69, 9.17) is 4.74 Å². The Hall–Kier alpha value is -1.31. The van der Waals surface area contributed by atoms with Crippen LogP contribution in [0, 0.1) is 11.2 Å². The predicted octanol–water partition coefficient (Wildman–Crippen LogP) is 9.90. The molecule has 0 saturated heterocycles. The molecule has 0 N–H and O–H groups in total. The molecule has 1 atom stereocenters. The van der Waals surface area contributed by atoms with Gasteiger partial charge in [0.05, 0.1) is 6.61 Å². The summed E-state index contributed by atoms with van der Waals surface area (Å²) in [7, 11) is 0. The largest absolute Gasteiger partial charge is 0.491 e. The van der Waals surface area contributed by atoms with E-state index in [1.165, 1.54) is 89.0 Å². The van der Waals surface area contributed by atoms with Crippen molar-refractivity contribution in [3.8, 4) is 5.75 Å². The van der Waals surface area contributed by atoms with Gasteiger partial charge in [-0.3, -0.25) is 0 Å². The van der Waals surface area contributed by atoms with Gasteiger partial charge in [-0.15, -0.1) is 0 Å².